The number of aromatic nitrogens is 12. The Bertz CT molecular complexity index is 7250. The maximum atomic E-state index is 13.5. The Morgan fingerprint density at radius 2 is 0.659 bits per heavy atom. The number of hydrogen-bond donors (Lipinski definition) is 6. The number of benzene rings is 8. The van der Waals surface area contributed by atoms with E-state index in [1.165, 1.54) is 40.8 Å². The summed E-state index contributed by atoms with van der Waals surface area (Å²) in [5.41, 5.74) is 31.7. The normalized spacial score (nSPS) is 13.3. The first-order valence-corrected chi connectivity index (χ1v) is 47.1. The maximum absolute atomic E-state index is 13.5. The van der Waals surface area contributed by atoms with Gasteiger partial charge < -0.3 is 75.0 Å². The number of amides is 8. The van der Waals surface area contributed by atoms with Gasteiger partial charge in [0.2, 0.25) is 29.5 Å². The number of aromatic amines is 4. The molecule has 0 unspecified atom stereocenters. The van der Waals surface area contributed by atoms with Gasteiger partial charge in [0, 0.05) is 178 Å². The topological polar surface area (TPSA) is 402 Å². The van der Waals surface area contributed by atoms with E-state index in [1.54, 1.807) is 139 Å². The average molecular weight is 1900 g/mol. The quantitative estimate of drug-likeness (QED) is 0.0438. The molecule has 0 bridgehead atoms. The predicted octanol–water partition coefficient (Wildman–Crippen LogP) is 16.7. The number of methoxy groups -OCH3 is 3. The highest BCUT2D eigenvalue weighted by molar-refractivity contribution is 7.99. The molecule has 0 atom stereocenters. The second-order valence-corrected chi connectivity index (χ2v) is 37.3. The number of carbonyl (C=O) groups is 8. The highest BCUT2D eigenvalue weighted by Gasteiger charge is 2.32. The van der Waals surface area contributed by atoms with Gasteiger partial charge in [0.15, 0.2) is 22.6 Å². The molecule has 11 heterocycles. The number of piperazine rings is 3. The Morgan fingerprint density at radius 3 is 1.00 bits per heavy atom. The molecule has 3 fully saturated rings. The molecule has 702 valence electrons. The van der Waals surface area contributed by atoms with Crippen molar-refractivity contribution in [2.24, 2.45) is 11.5 Å². The third kappa shape index (κ3) is 21.7. The van der Waals surface area contributed by atoms with Crippen LogP contribution in [0.25, 0.3) is 100 Å². The Kier molecular flexibility index (Phi) is 29.2. The summed E-state index contributed by atoms with van der Waals surface area (Å²) in [6.45, 7) is 21.4. The molecule has 0 saturated carbocycles. The molecule has 0 spiro atoms. The third-order valence-electron chi connectivity index (χ3n) is 24.2. The summed E-state index contributed by atoms with van der Waals surface area (Å²) in [5.74, 6) is 0.432. The van der Waals surface area contributed by atoms with Crippen LogP contribution in [0, 0.1) is 13.8 Å². The number of primary amides is 2. The molecule has 3 aliphatic rings. The lowest BCUT2D eigenvalue weighted by atomic mass is 9.86. The van der Waals surface area contributed by atoms with Crippen molar-refractivity contribution in [1.29, 1.82) is 0 Å². The first-order valence-electron chi connectivity index (χ1n) is 44.7. The fourth-order valence-electron chi connectivity index (χ4n) is 16.4. The van der Waals surface area contributed by atoms with Crippen molar-refractivity contribution in [3.8, 4) is 73.0 Å². The SMILES string of the molecule is COc1cc(C)c(Sc2cnc3[nH]cc(-c4ccc(C(C)(C)C)cc4)c3n2)cc1C(=O)N1CCN(C(C)=O)CC1.COc1cc(C)c(Sc2cnc3[nH]cc(-c4ccccc4)c3n2)cc1C(=O)N1CCN(C(C)=O)CC1.COc1ccc(Sc2cnc3[nH]cc(-c4ccccc4)c3n2)cc1C(=O)N1CCN(C(C)=O)CC1.NC(=O)c1ccc(-c2cnc3[nH]cc(-c4ccc(C(N)=O)cc4)c3n2)cc1. The van der Waals surface area contributed by atoms with Crippen molar-refractivity contribution < 1.29 is 52.6 Å². The van der Waals surface area contributed by atoms with E-state index in [4.69, 9.17) is 45.6 Å². The maximum Gasteiger partial charge on any atom is 0.257 e. The summed E-state index contributed by atoms with van der Waals surface area (Å²) in [5, 5.41) is 2.20. The van der Waals surface area contributed by atoms with E-state index in [1.807, 2.05) is 148 Å². The van der Waals surface area contributed by atoms with Gasteiger partial charge in [-0.1, -0.05) is 165 Å². The van der Waals surface area contributed by atoms with E-state index >= 15 is 0 Å². The Balaban J connectivity index is 0.000000134. The summed E-state index contributed by atoms with van der Waals surface area (Å²) in [6.07, 6.45) is 14.5. The van der Waals surface area contributed by atoms with Crippen molar-refractivity contribution in [3.63, 3.8) is 0 Å². The summed E-state index contributed by atoms with van der Waals surface area (Å²) < 4.78 is 16.6. The molecule has 3 saturated heterocycles. The van der Waals surface area contributed by atoms with Crippen molar-refractivity contribution in [3.05, 3.63) is 270 Å². The van der Waals surface area contributed by atoms with Crippen molar-refractivity contribution in [1.82, 2.24) is 89.2 Å². The lowest BCUT2D eigenvalue weighted by Crippen LogP contribution is -2.50. The van der Waals surface area contributed by atoms with Crippen LogP contribution < -0.4 is 25.7 Å². The standard InChI is InChI=1S/C31H35N5O3S.C27H27N5O3S.C26H25N5O3S.C20H15N5O2/c1-19-15-25(39-6)23(30(38)36-13-11-35(12-14-36)20(2)37)16-26(19)40-27-18-33-29-28(34-27)24(17-32-29)21-7-9-22(10-8-21)31(3,4)5;1-17-13-22(35-3)20(27(34)32-11-9-31(10-12-32)18(2)33)14-23(17)36-24-16-29-26-25(30-24)21(15-28-26)19-7-5-4-6-8-19;1-17(32)30-10-12-31(13-11-30)26(33)20-14-19(8-9-22(20)34-2)35-23-16-28-25-24(29-23)21(15-27-25)18-6-4-3-5-7-18;21-18(26)13-5-1-11(2-6-13)15-9-23-20-17(15)25-16(10-24-20)12-3-7-14(8-4-12)19(22)27/h7-10,15-18H,11-14H2,1-6H3,(H,32,33);4-8,13-16H,9-12H2,1-3H3,(H,28,29);3-9,14-16H,10-13H2,1-2H3,(H,27,28);1-10H,(H2,21,26)(H2,22,27)(H,23,24). The Hall–Kier alpha value is -15.6. The first kappa shape index (κ1) is 95.6. The summed E-state index contributed by atoms with van der Waals surface area (Å²) >= 11 is 4.39. The fraction of sp³-hybridized carbons (Fsp3) is 0.231. The molecule has 8 aromatic carbocycles. The lowest BCUT2D eigenvalue weighted by Gasteiger charge is -2.34. The smallest absolute Gasteiger partial charge is 0.257 e. The number of aryl methyl sites for hydroxylation is 2. The van der Waals surface area contributed by atoms with E-state index in [-0.39, 0.29) is 40.9 Å². The Morgan fingerprint density at radius 1 is 0.348 bits per heavy atom. The molecule has 3 aliphatic heterocycles. The van der Waals surface area contributed by atoms with Gasteiger partial charge in [0.25, 0.3) is 17.7 Å². The van der Waals surface area contributed by atoms with Gasteiger partial charge in [0.05, 0.1) is 68.5 Å². The number of nitrogens with one attached hydrogen (secondary N) is 4. The van der Waals surface area contributed by atoms with Crippen LogP contribution in [0.5, 0.6) is 17.2 Å². The lowest BCUT2D eigenvalue weighted by molar-refractivity contribution is -0.131. The van der Waals surface area contributed by atoms with Crippen LogP contribution in [0.4, 0.5) is 0 Å². The number of H-pyrrole nitrogens is 4. The van der Waals surface area contributed by atoms with E-state index < -0.39 is 11.8 Å². The van der Waals surface area contributed by atoms with Gasteiger partial charge in [-0.15, -0.1) is 0 Å². The van der Waals surface area contributed by atoms with E-state index in [0.29, 0.717) is 140 Å². The van der Waals surface area contributed by atoms with Crippen LogP contribution in [0.15, 0.2) is 255 Å². The number of ether oxygens (including phenoxy) is 3. The molecule has 34 heteroatoms. The largest absolute Gasteiger partial charge is 0.496 e. The molecule has 31 nitrogen and oxygen atoms in total. The zero-order chi connectivity index (χ0) is 97.2. The molecule has 8 amide bonds. The molecular formula is C104H102N20O11S3. The minimum Gasteiger partial charge on any atom is -0.496 e. The minimum absolute atomic E-state index is 0.0315. The highest BCUT2D eigenvalue weighted by Crippen LogP contribution is 2.41. The van der Waals surface area contributed by atoms with Gasteiger partial charge >= 0.3 is 0 Å². The third-order valence-corrected chi connectivity index (χ3v) is 27.2. The van der Waals surface area contributed by atoms with Crippen LogP contribution in [0.2, 0.25) is 0 Å². The molecule has 0 radical (unpaired) electrons. The molecule has 8 aromatic heterocycles. The number of carbonyl (C=O) groups excluding carboxylic acids is 8. The van der Waals surface area contributed by atoms with E-state index in [9.17, 15) is 38.4 Å². The summed E-state index contributed by atoms with van der Waals surface area (Å²) in [4.78, 5) is 161. The van der Waals surface area contributed by atoms with Crippen molar-refractivity contribution in [2.75, 3.05) is 99.9 Å². The van der Waals surface area contributed by atoms with E-state index in [0.717, 1.165) is 124 Å². The number of rotatable bonds is 19. The van der Waals surface area contributed by atoms with Gasteiger partial charge in [-0.3, -0.25) is 38.4 Å². The second kappa shape index (κ2) is 42.2. The zero-order valence-corrected chi connectivity index (χ0v) is 80.4. The first-order chi connectivity index (χ1) is 66.5. The minimum atomic E-state index is -0.476. The van der Waals surface area contributed by atoms with Crippen molar-refractivity contribution in [2.45, 2.75) is 90.6 Å². The van der Waals surface area contributed by atoms with Gasteiger partial charge in [-0.2, -0.15) is 0 Å². The van der Waals surface area contributed by atoms with Gasteiger partial charge in [0.1, 0.15) is 54.4 Å². The number of nitrogens with two attached hydrogens (primary N) is 2. The fourth-order valence-corrected chi connectivity index (χ4v) is 18.9. The Labute approximate surface area is 808 Å². The molecule has 16 aromatic rings. The number of hydrogen-bond acceptors (Lipinski definition) is 22. The molecule has 138 heavy (non-hydrogen) atoms. The molecule has 0 aliphatic carbocycles. The molecule has 8 N–H and O–H groups in total. The zero-order valence-electron chi connectivity index (χ0n) is 78.0. The van der Waals surface area contributed by atoms with Crippen LogP contribution in [-0.2, 0) is 19.8 Å². The number of fused-ring (bicyclic) bond motifs is 4. The monoisotopic (exact) mass is 1900 g/mol. The summed E-state index contributed by atoms with van der Waals surface area (Å²) in [6, 6.07) is 55.7. The van der Waals surface area contributed by atoms with Crippen LogP contribution in [0.1, 0.15) is 110 Å². The highest BCUT2D eigenvalue weighted by atomic mass is 32.2. The van der Waals surface area contributed by atoms with Gasteiger partial charge in [-0.05, 0) is 125 Å². The van der Waals surface area contributed by atoms with Crippen LogP contribution in [-0.4, -0.2) is 236 Å². The van der Waals surface area contributed by atoms with Gasteiger partial charge in [-0.25, -0.2) is 39.9 Å². The second-order valence-electron chi connectivity index (χ2n) is 34.1. The predicted molar refractivity (Wildman–Crippen MR) is 534 cm³/mol. The molecular weight excluding hydrogens is 1800 g/mol. The van der Waals surface area contributed by atoms with Crippen LogP contribution >= 0.6 is 35.3 Å². The molecule has 19 rings (SSSR count). The van der Waals surface area contributed by atoms with Crippen LogP contribution in [0.3, 0.4) is 0 Å². The van der Waals surface area contributed by atoms with E-state index in [2.05, 4.69) is 84.9 Å². The number of nitrogens with zero attached hydrogens (tertiary/aromatic N) is 14. The van der Waals surface area contributed by atoms with Crippen molar-refractivity contribution >= 4 is 127 Å². The summed E-state index contributed by atoms with van der Waals surface area (Å²) in [7, 11) is 4.71. The average Bonchev–Trinajstić information content (AvgIpc) is 1.04.